The molecule has 1 aromatic rings. The Hall–Kier alpha value is -1.65. The number of hydrogen-bond donors (Lipinski definition) is 1. The summed E-state index contributed by atoms with van der Waals surface area (Å²) in [5, 5.41) is 8.21. The maximum atomic E-state index is 12.8. The molecule has 0 atom stereocenters. The van der Waals surface area contributed by atoms with Crippen molar-refractivity contribution in [3.8, 4) is 5.75 Å². The molecule has 5 heteroatoms. The third kappa shape index (κ3) is 2.43. The van der Waals surface area contributed by atoms with Gasteiger partial charge in [0.05, 0.1) is 0 Å². The van der Waals surface area contributed by atoms with Crippen LogP contribution in [0.2, 0.25) is 0 Å². The molecule has 0 aromatic heterocycles. The van der Waals surface area contributed by atoms with E-state index < -0.39 is 12.1 Å². The maximum Gasteiger partial charge on any atom is 0.501 e. The third-order valence-corrected chi connectivity index (χ3v) is 1.89. The molecule has 1 N–H and O–H groups in total. The van der Waals surface area contributed by atoms with E-state index in [-0.39, 0.29) is 5.75 Å². The molecule has 0 fully saturated rings. The number of carboxylic acids is 1. The largest absolute Gasteiger partial charge is 0.501 e. The van der Waals surface area contributed by atoms with Gasteiger partial charge in [-0.25, -0.2) is 4.79 Å². The summed E-state index contributed by atoms with van der Waals surface area (Å²) in [5.41, 5.74) is 0.937. The smallest absolute Gasteiger partial charge is 0.474 e. The van der Waals surface area contributed by atoms with Crippen molar-refractivity contribution in [2.75, 3.05) is 0 Å². The van der Waals surface area contributed by atoms with Crippen LogP contribution in [-0.2, 0) is 4.79 Å². The summed E-state index contributed by atoms with van der Waals surface area (Å²) in [6.07, 6.45) is -4.20. The first-order valence-corrected chi connectivity index (χ1v) is 4.21. The van der Waals surface area contributed by atoms with E-state index in [4.69, 9.17) is 5.11 Å². The number of aliphatic carboxylic acids is 1. The van der Waals surface area contributed by atoms with Crippen LogP contribution in [-0.4, -0.2) is 17.2 Å². The molecule has 0 aliphatic heterocycles. The Labute approximate surface area is 85.3 Å². The van der Waals surface area contributed by atoms with Crippen molar-refractivity contribution in [2.24, 2.45) is 0 Å². The van der Waals surface area contributed by atoms with Gasteiger partial charge < -0.3 is 9.84 Å². The van der Waals surface area contributed by atoms with Gasteiger partial charge in [-0.05, 0) is 25.0 Å². The summed E-state index contributed by atoms with van der Waals surface area (Å²) >= 11 is 0. The van der Waals surface area contributed by atoms with Crippen molar-refractivity contribution in [3.05, 3.63) is 29.3 Å². The summed E-state index contributed by atoms with van der Waals surface area (Å²) in [5.74, 6) is -2.39. The minimum Gasteiger partial charge on any atom is -0.474 e. The monoisotopic (exact) mass is 216 g/mol. The molecule has 0 saturated heterocycles. The number of carboxylic acid groups (broad SMARTS) is 1. The fraction of sp³-hybridized carbons (Fsp3) is 0.300. The highest BCUT2D eigenvalue weighted by molar-refractivity contribution is 5.74. The van der Waals surface area contributed by atoms with Crippen molar-refractivity contribution in [1.29, 1.82) is 0 Å². The number of ether oxygens (including phenoxy) is 1. The Morgan fingerprint density at radius 1 is 1.33 bits per heavy atom. The molecule has 0 spiro atoms. The van der Waals surface area contributed by atoms with Crippen molar-refractivity contribution >= 4 is 5.97 Å². The molecule has 0 saturated carbocycles. The number of hydrogen-bond acceptors (Lipinski definition) is 2. The molecule has 15 heavy (non-hydrogen) atoms. The molecule has 0 aliphatic carbocycles. The predicted octanol–water partition coefficient (Wildman–Crippen LogP) is 2.36. The molecule has 0 radical (unpaired) electrons. The zero-order valence-electron chi connectivity index (χ0n) is 8.25. The van der Waals surface area contributed by atoms with Crippen LogP contribution in [0.25, 0.3) is 0 Å². The van der Waals surface area contributed by atoms with Gasteiger partial charge in [0.2, 0.25) is 0 Å². The first-order chi connectivity index (χ1) is 6.84. The van der Waals surface area contributed by atoms with Crippen LogP contribution in [0.4, 0.5) is 8.78 Å². The molecule has 0 unspecified atom stereocenters. The average Bonchev–Trinajstić information content (AvgIpc) is 2.11. The molecule has 3 nitrogen and oxygen atoms in total. The highest BCUT2D eigenvalue weighted by Crippen LogP contribution is 2.28. The lowest BCUT2D eigenvalue weighted by Crippen LogP contribution is -2.35. The lowest BCUT2D eigenvalue weighted by Gasteiger charge is -2.16. The summed E-state index contributed by atoms with van der Waals surface area (Å²) in [6.45, 7) is 3.14. The molecule has 0 amide bonds. The van der Waals surface area contributed by atoms with Crippen LogP contribution in [0.15, 0.2) is 18.2 Å². The second-order valence-corrected chi connectivity index (χ2v) is 3.14. The van der Waals surface area contributed by atoms with Gasteiger partial charge in [-0.1, -0.05) is 18.2 Å². The van der Waals surface area contributed by atoms with Crippen LogP contribution in [0.1, 0.15) is 11.1 Å². The first-order valence-electron chi connectivity index (χ1n) is 4.21. The van der Waals surface area contributed by atoms with Crippen molar-refractivity contribution < 1.29 is 23.4 Å². The normalized spacial score (nSPS) is 11.2. The first kappa shape index (κ1) is 11.4. The molecule has 0 heterocycles. The minimum atomic E-state index is -4.20. The van der Waals surface area contributed by atoms with Gasteiger partial charge in [-0.15, -0.1) is 0 Å². The molecular formula is C10H10F2O3. The van der Waals surface area contributed by atoms with Gasteiger partial charge in [0, 0.05) is 0 Å². The number of rotatable bonds is 3. The van der Waals surface area contributed by atoms with Gasteiger partial charge in [-0.2, -0.15) is 8.78 Å². The molecule has 0 bridgehead atoms. The Morgan fingerprint density at radius 2 is 1.80 bits per heavy atom. The van der Waals surface area contributed by atoms with Gasteiger partial charge in [0.25, 0.3) is 0 Å². The van der Waals surface area contributed by atoms with Crippen molar-refractivity contribution in [2.45, 2.75) is 20.0 Å². The number of carbonyl (C=O) groups is 1. The standard InChI is InChI=1S/C10H10F2O3/c1-6-4-3-5-7(2)8(6)15-10(11,12)9(13)14/h3-5H,1-2H3,(H,13,14). The van der Waals surface area contributed by atoms with Gasteiger partial charge in [0.15, 0.2) is 0 Å². The van der Waals surface area contributed by atoms with E-state index in [1.54, 1.807) is 32.0 Å². The van der Waals surface area contributed by atoms with E-state index >= 15 is 0 Å². The van der Waals surface area contributed by atoms with Gasteiger partial charge in [0.1, 0.15) is 5.75 Å². The fourth-order valence-corrected chi connectivity index (χ4v) is 1.13. The molecule has 82 valence electrons. The Balaban J connectivity index is 3.04. The van der Waals surface area contributed by atoms with Gasteiger partial charge >= 0.3 is 12.1 Å². The highest BCUT2D eigenvalue weighted by atomic mass is 19.3. The summed E-state index contributed by atoms with van der Waals surface area (Å²) < 4.78 is 29.7. The maximum absolute atomic E-state index is 12.8. The number of benzene rings is 1. The Bertz CT molecular complexity index is 368. The lowest BCUT2D eigenvalue weighted by atomic mass is 10.1. The zero-order valence-corrected chi connectivity index (χ0v) is 8.25. The highest BCUT2D eigenvalue weighted by Gasteiger charge is 2.43. The lowest BCUT2D eigenvalue weighted by molar-refractivity contribution is -0.211. The van der Waals surface area contributed by atoms with E-state index in [0.29, 0.717) is 11.1 Å². The van der Waals surface area contributed by atoms with Crippen molar-refractivity contribution in [1.82, 2.24) is 0 Å². The third-order valence-electron chi connectivity index (χ3n) is 1.89. The SMILES string of the molecule is Cc1cccc(C)c1OC(F)(F)C(=O)O. The quantitative estimate of drug-likeness (QED) is 0.843. The Kier molecular flexibility index (Phi) is 2.93. The van der Waals surface area contributed by atoms with Crippen LogP contribution >= 0.6 is 0 Å². The topological polar surface area (TPSA) is 46.5 Å². The van der Waals surface area contributed by atoms with E-state index in [9.17, 15) is 13.6 Å². The second kappa shape index (κ2) is 3.84. The average molecular weight is 216 g/mol. The molecule has 0 aliphatic rings. The number of alkyl halides is 2. The number of para-hydroxylation sites is 1. The fourth-order valence-electron chi connectivity index (χ4n) is 1.13. The van der Waals surface area contributed by atoms with Crippen LogP contribution in [0, 0.1) is 13.8 Å². The summed E-state index contributed by atoms with van der Waals surface area (Å²) in [4.78, 5) is 10.2. The van der Waals surface area contributed by atoms with E-state index in [1.807, 2.05) is 0 Å². The van der Waals surface area contributed by atoms with Crippen molar-refractivity contribution in [3.63, 3.8) is 0 Å². The number of aryl methyl sites for hydroxylation is 2. The van der Waals surface area contributed by atoms with Crippen LogP contribution < -0.4 is 4.74 Å². The number of halogens is 2. The second-order valence-electron chi connectivity index (χ2n) is 3.14. The van der Waals surface area contributed by atoms with Gasteiger partial charge in [-0.3, -0.25) is 0 Å². The van der Waals surface area contributed by atoms with E-state index in [2.05, 4.69) is 4.74 Å². The minimum absolute atomic E-state index is 0.0927. The Morgan fingerprint density at radius 3 is 2.20 bits per heavy atom. The van der Waals surface area contributed by atoms with Crippen LogP contribution in [0.5, 0.6) is 5.75 Å². The van der Waals surface area contributed by atoms with E-state index in [0.717, 1.165) is 0 Å². The van der Waals surface area contributed by atoms with E-state index in [1.165, 1.54) is 0 Å². The molecule has 1 rings (SSSR count). The van der Waals surface area contributed by atoms with Crippen LogP contribution in [0.3, 0.4) is 0 Å². The zero-order chi connectivity index (χ0) is 11.6. The molecule has 1 aromatic carbocycles. The molecular weight excluding hydrogens is 206 g/mol. The summed E-state index contributed by atoms with van der Waals surface area (Å²) in [6, 6.07) is 4.82. The predicted molar refractivity (Wildman–Crippen MR) is 49.1 cm³/mol. The summed E-state index contributed by atoms with van der Waals surface area (Å²) in [7, 11) is 0.